The zero-order valence-electron chi connectivity index (χ0n) is 14.4. The van der Waals surface area contributed by atoms with Crippen LogP contribution in [0.15, 0.2) is 65.8 Å². The highest BCUT2D eigenvalue weighted by molar-refractivity contribution is 7.89. The largest absolute Gasteiger partial charge is 0.492 e. The van der Waals surface area contributed by atoms with Crippen molar-refractivity contribution in [2.75, 3.05) is 13.2 Å². The number of hydrogen-bond donors (Lipinski definition) is 1. The molecule has 1 N–H and O–H groups in total. The molecule has 0 fully saturated rings. The van der Waals surface area contributed by atoms with Crippen molar-refractivity contribution in [3.63, 3.8) is 0 Å². The first-order chi connectivity index (χ1) is 12.6. The molecule has 8 heteroatoms. The van der Waals surface area contributed by atoms with Gasteiger partial charge in [0.05, 0.1) is 18.8 Å². The topological polar surface area (TPSA) is 86.1 Å². The van der Waals surface area contributed by atoms with Crippen LogP contribution in [0.4, 0.5) is 0 Å². The van der Waals surface area contributed by atoms with Gasteiger partial charge in [-0.2, -0.15) is 5.10 Å². The molecule has 26 heavy (non-hydrogen) atoms. The molecule has 7 nitrogen and oxygen atoms in total. The molecule has 0 bridgehead atoms. The number of rotatable bonds is 8. The van der Waals surface area contributed by atoms with Crippen LogP contribution >= 0.6 is 0 Å². The normalized spacial score (nSPS) is 11.4. The van der Waals surface area contributed by atoms with E-state index in [1.807, 2.05) is 31.2 Å². The van der Waals surface area contributed by atoms with E-state index in [9.17, 15) is 8.42 Å². The van der Waals surface area contributed by atoms with Gasteiger partial charge in [0.15, 0.2) is 0 Å². The number of ether oxygens (including phenoxy) is 1. The Bertz CT molecular complexity index is 955. The van der Waals surface area contributed by atoms with Crippen LogP contribution < -0.4 is 9.46 Å². The zero-order chi connectivity index (χ0) is 18.4. The van der Waals surface area contributed by atoms with Crippen molar-refractivity contribution in [3.05, 3.63) is 60.9 Å². The molecule has 0 unspecified atom stereocenters. The average Bonchev–Trinajstić information content (AvgIpc) is 3.12. The highest BCUT2D eigenvalue weighted by atomic mass is 32.2. The smallest absolute Gasteiger partial charge is 0.244 e. The minimum Gasteiger partial charge on any atom is -0.492 e. The Labute approximate surface area is 152 Å². The van der Waals surface area contributed by atoms with E-state index in [1.165, 1.54) is 6.07 Å². The Morgan fingerprint density at radius 3 is 2.65 bits per heavy atom. The standard InChI is InChI=1S/C18H20N4O3S/c1-2-25-17-8-3-4-9-18(17)26(23,24)20-12-14-22-13-10-16(21-22)15-7-5-6-11-19-15/h3-11,13,20H,2,12,14H2,1H3. The molecule has 136 valence electrons. The molecular weight excluding hydrogens is 352 g/mol. The third-order valence-corrected chi connectivity index (χ3v) is 5.14. The third-order valence-electron chi connectivity index (χ3n) is 3.64. The molecule has 0 aliphatic carbocycles. The summed E-state index contributed by atoms with van der Waals surface area (Å²) >= 11 is 0. The summed E-state index contributed by atoms with van der Waals surface area (Å²) in [6, 6.07) is 14.0. The summed E-state index contributed by atoms with van der Waals surface area (Å²) in [4.78, 5) is 4.38. The molecule has 0 radical (unpaired) electrons. The van der Waals surface area contributed by atoms with E-state index >= 15 is 0 Å². The van der Waals surface area contributed by atoms with Crippen molar-refractivity contribution in [2.45, 2.75) is 18.4 Å². The maximum absolute atomic E-state index is 12.5. The molecule has 0 aliphatic rings. The minimum atomic E-state index is -3.66. The second-order valence-corrected chi connectivity index (χ2v) is 7.19. The van der Waals surface area contributed by atoms with Crippen molar-refractivity contribution >= 4 is 10.0 Å². The van der Waals surface area contributed by atoms with Gasteiger partial charge in [-0.3, -0.25) is 9.67 Å². The first-order valence-corrected chi connectivity index (χ1v) is 9.75. The van der Waals surface area contributed by atoms with Crippen LogP contribution in [-0.2, 0) is 16.6 Å². The molecule has 2 heterocycles. The van der Waals surface area contributed by atoms with Crippen molar-refractivity contribution in [1.82, 2.24) is 19.5 Å². The molecule has 1 aromatic carbocycles. The van der Waals surface area contributed by atoms with E-state index in [2.05, 4.69) is 14.8 Å². The Kier molecular flexibility index (Phi) is 5.65. The number of nitrogens with one attached hydrogen (secondary N) is 1. The molecule has 0 saturated carbocycles. The molecule has 2 aromatic heterocycles. The van der Waals surface area contributed by atoms with Gasteiger partial charge in [-0.1, -0.05) is 18.2 Å². The predicted octanol–water partition coefficient (Wildman–Crippen LogP) is 2.32. The van der Waals surface area contributed by atoms with Gasteiger partial charge in [0.2, 0.25) is 10.0 Å². The van der Waals surface area contributed by atoms with Gasteiger partial charge < -0.3 is 4.74 Å². The summed E-state index contributed by atoms with van der Waals surface area (Å²) in [5.74, 6) is 0.346. The highest BCUT2D eigenvalue weighted by Crippen LogP contribution is 2.22. The summed E-state index contributed by atoms with van der Waals surface area (Å²) in [6.45, 7) is 2.83. The summed E-state index contributed by atoms with van der Waals surface area (Å²) in [7, 11) is -3.66. The molecule has 0 atom stereocenters. The fraction of sp³-hybridized carbons (Fsp3) is 0.222. The van der Waals surface area contributed by atoms with E-state index in [0.29, 0.717) is 18.9 Å². The highest BCUT2D eigenvalue weighted by Gasteiger charge is 2.18. The first-order valence-electron chi connectivity index (χ1n) is 8.26. The van der Waals surface area contributed by atoms with Crippen molar-refractivity contribution in [3.8, 4) is 17.1 Å². The van der Waals surface area contributed by atoms with E-state index in [-0.39, 0.29) is 11.4 Å². The van der Waals surface area contributed by atoms with Gasteiger partial charge >= 0.3 is 0 Å². The van der Waals surface area contributed by atoms with Crippen molar-refractivity contribution in [1.29, 1.82) is 0 Å². The third kappa shape index (κ3) is 4.27. The fourth-order valence-corrected chi connectivity index (χ4v) is 3.62. The van der Waals surface area contributed by atoms with Crippen LogP contribution in [0.2, 0.25) is 0 Å². The molecule has 0 spiro atoms. The van der Waals surface area contributed by atoms with Crippen LogP contribution in [0.25, 0.3) is 11.4 Å². The minimum absolute atomic E-state index is 0.136. The lowest BCUT2D eigenvalue weighted by Gasteiger charge is -2.11. The Morgan fingerprint density at radius 1 is 1.08 bits per heavy atom. The van der Waals surface area contributed by atoms with Gasteiger partial charge in [0.25, 0.3) is 0 Å². The zero-order valence-corrected chi connectivity index (χ0v) is 15.2. The molecule has 0 amide bonds. The van der Waals surface area contributed by atoms with E-state index in [0.717, 1.165) is 11.4 Å². The summed E-state index contributed by atoms with van der Waals surface area (Å²) in [6.07, 6.45) is 3.50. The van der Waals surface area contributed by atoms with Gasteiger partial charge in [-0.25, -0.2) is 13.1 Å². The summed E-state index contributed by atoms with van der Waals surface area (Å²) in [5, 5.41) is 4.41. The number of benzene rings is 1. The first kappa shape index (κ1) is 18.1. The summed E-state index contributed by atoms with van der Waals surface area (Å²) < 4.78 is 34.7. The molecule has 0 saturated heterocycles. The van der Waals surface area contributed by atoms with Gasteiger partial charge in [-0.05, 0) is 37.3 Å². The van der Waals surface area contributed by atoms with Gasteiger partial charge in [-0.15, -0.1) is 0 Å². The monoisotopic (exact) mass is 372 g/mol. The Hall–Kier alpha value is -2.71. The number of hydrogen-bond acceptors (Lipinski definition) is 5. The van der Waals surface area contributed by atoms with Crippen LogP contribution in [-0.4, -0.2) is 36.3 Å². The van der Waals surface area contributed by atoms with Crippen molar-refractivity contribution in [2.24, 2.45) is 0 Å². The number of sulfonamides is 1. The molecule has 0 aliphatic heterocycles. The Balaban J connectivity index is 1.64. The van der Waals surface area contributed by atoms with Gasteiger partial charge in [0, 0.05) is 18.9 Å². The SMILES string of the molecule is CCOc1ccccc1S(=O)(=O)NCCn1ccc(-c2ccccn2)n1. The van der Waals surface area contributed by atoms with E-state index in [4.69, 9.17) is 4.74 Å². The van der Waals surface area contributed by atoms with Crippen LogP contribution in [0.1, 0.15) is 6.92 Å². The number of aromatic nitrogens is 3. The van der Waals surface area contributed by atoms with E-state index < -0.39 is 10.0 Å². The van der Waals surface area contributed by atoms with E-state index in [1.54, 1.807) is 35.3 Å². The van der Waals surface area contributed by atoms with Crippen LogP contribution in [0, 0.1) is 0 Å². The number of nitrogens with zero attached hydrogens (tertiary/aromatic N) is 3. The average molecular weight is 372 g/mol. The quantitative estimate of drug-likeness (QED) is 0.656. The van der Waals surface area contributed by atoms with Crippen LogP contribution in [0.5, 0.6) is 5.75 Å². The van der Waals surface area contributed by atoms with Gasteiger partial charge in [0.1, 0.15) is 16.3 Å². The Morgan fingerprint density at radius 2 is 1.88 bits per heavy atom. The molecule has 3 rings (SSSR count). The lowest BCUT2D eigenvalue weighted by atomic mass is 10.3. The predicted molar refractivity (Wildman–Crippen MR) is 98.3 cm³/mol. The lowest BCUT2D eigenvalue weighted by Crippen LogP contribution is -2.28. The maximum Gasteiger partial charge on any atom is 0.244 e. The lowest BCUT2D eigenvalue weighted by molar-refractivity contribution is 0.331. The van der Waals surface area contributed by atoms with Crippen LogP contribution in [0.3, 0.4) is 0 Å². The second kappa shape index (κ2) is 8.11. The molecular formula is C18H20N4O3S. The fourth-order valence-electron chi connectivity index (χ4n) is 2.46. The second-order valence-electron chi connectivity index (χ2n) is 5.46. The molecule has 3 aromatic rings. The van der Waals surface area contributed by atoms with Crippen molar-refractivity contribution < 1.29 is 13.2 Å². The number of para-hydroxylation sites is 1. The maximum atomic E-state index is 12.5. The summed E-state index contributed by atoms with van der Waals surface area (Å²) in [5.41, 5.74) is 1.52. The number of pyridine rings is 1.